The first kappa shape index (κ1) is 23.6. The van der Waals surface area contributed by atoms with Gasteiger partial charge >= 0.3 is 6.61 Å². The summed E-state index contributed by atoms with van der Waals surface area (Å²) in [5, 5.41) is 22.1. The van der Waals surface area contributed by atoms with E-state index in [-0.39, 0.29) is 37.2 Å². The molecule has 1 saturated carbocycles. The van der Waals surface area contributed by atoms with Crippen LogP contribution in [0.4, 0.5) is 20.5 Å². The van der Waals surface area contributed by atoms with Gasteiger partial charge in [0.15, 0.2) is 0 Å². The molecule has 1 amide bonds. The Labute approximate surface area is 180 Å². The van der Waals surface area contributed by atoms with Crippen molar-refractivity contribution in [2.24, 2.45) is 5.92 Å². The van der Waals surface area contributed by atoms with Crippen LogP contribution >= 0.6 is 0 Å². The van der Waals surface area contributed by atoms with Gasteiger partial charge in [0, 0.05) is 31.9 Å². The Kier molecular flexibility index (Phi) is 9.16. The number of alkyl halides is 2. The molecule has 0 spiro atoms. The van der Waals surface area contributed by atoms with Gasteiger partial charge in [0.25, 0.3) is 5.91 Å². The molecule has 2 heterocycles. The lowest BCUT2D eigenvalue weighted by Crippen LogP contribution is -2.45. The molecule has 9 nitrogen and oxygen atoms in total. The lowest BCUT2D eigenvalue weighted by molar-refractivity contribution is -0.125. The molecule has 1 aliphatic carbocycles. The lowest BCUT2D eigenvalue weighted by atomic mass is 9.87. The van der Waals surface area contributed by atoms with E-state index in [1.807, 2.05) is 0 Å². The van der Waals surface area contributed by atoms with Crippen LogP contribution < -0.4 is 21.3 Å². The van der Waals surface area contributed by atoms with Crippen LogP contribution in [-0.2, 0) is 4.74 Å². The van der Waals surface area contributed by atoms with Crippen LogP contribution in [0.25, 0.3) is 0 Å². The Bertz CT molecular complexity index is 697. The first-order valence-corrected chi connectivity index (χ1v) is 11.0. The van der Waals surface area contributed by atoms with Gasteiger partial charge in [-0.1, -0.05) is 0 Å². The van der Waals surface area contributed by atoms with E-state index in [2.05, 4.69) is 36.0 Å². The van der Waals surface area contributed by atoms with E-state index >= 15 is 0 Å². The van der Waals surface area contributed by atoms with E-state index in [1.165, 1.54) is 6.20 Å². The zero-order valence-electron chi connectivity index (χ0n) is 17.6. The van der Waals surface area contributed by atoms with Crippen LogP contribution in [0.1, 0.15) is 48.9 Å². The zero-order valence-corrected chi connectivity index (χ0v) is 17.6. The van der Waals surface area contributed by atoms with E-state index < -0.39 is 6.61 Å². The second-order valence-corrected chi connectivity index (χ2v) is 8.09. The van der Waals surface area contributed by atoms with Crippen molar-refractivity contribution in [3.8, 4) is 0 Å². The molecule has 31 heavy (non-hydrogen) atoms. The van der Waals surface area contributed by atoms with E-state index in [0.717, 1.165) is 51.6 Å². The predicted molar refractivity (Wildman–Crippen MR) is 112 cm³/mol. The van der Waals surface area contributed by atoms with Crippen LogP contribution in [0.3, 0.4) is 0 Å². The minimum absolute atomic E-state index is 0.0539. The van der Waals surface area contributed by atoms with Crippen molar-refractivity contribution in [2.75, 3.05) is 43.4 Å². The molecule has 0 bridgehead atoms. The second-order valence-electron chi connectivity index (χ2n) is 8.09. The molecular formula is C20H32F2N6O3. The first-order chi connectivity index (χ1) is 15.0. The summed E-state index contributed by atoms with van der Waals surface area (Å²) >= 11 is 0. The van der Waals surface area contributed by atoms with Crippen molar-refractivity contribution < 1.29 is 23.4 Å². The maximum absolute atomic E-state index is 12.9. The van der Waals surface area contributed by atoms with Crippen molar-refractivity contribution >= 4 is 17.7 Å². The summed E-state index contributed by atoms with van der Waals surface area (Å²) < 4.78 is 28.4. The number of nitrogens with one attached hydrogen (secondary N) is 4. The Hall–Kier alpha value is -2.11. The zero-order chi connectivity index (χ0) is 22.1. The summed E-state index contributed by atoms with van der Waals surface area (Å²) in [6.45, 7) is -0.593. The van der Waals surface area contributed by atoms with Gasteiger partial charge in [0.05, 0.1) is 12.7 Å². The van der Waals surface area contributed by atoms with Gasteiger partial charge in [-0.15, -0.1) is 0 Å². The molecule has 174 valence electrons. The van der Waals surface area contributed by atoms with Gasteiger partial charge in [-0.25, -0.2) is 4.98 Å². The number of hydrogen-bond acceptors (Lipinski definition) is 8. The molecule has 5 N–H and O–H groups in total. The quantitative estimate of drug-likeness (QED) is 0.347. The highest BCUT2D eigenvalue weighted by molar-refractivity contribution is 5.98. The number of amides is 1. The Balaban J connectivity index is 1.64. The van der Waals surface area contributed by atoms with Gasteiger partial charge in [-0.2, -0.15) is 13.8 Å². The number of aliphatic hydroxyl groups is 1. The van der Waals surface area contributed by atoms with E-state index in [0.29, 0.717) is 23.8 Å². The molecule has 1 saturated heterocycles. The molecule has 11 heteroatoms. The minimum Gasteiger partial charge on any atom is -0.393 e. The van der Waals surface area contributed by atoms with Crippen molar-refractivity contribution in [1.82, 2.24) is 20.6 Å². The number of aliphatic hydroxyl groups excluding tert-OH is 1. The minimum atomic E-state index is -2.82. The Morgan fingerprint density at radius 2 is 2.06 bits per heavy atom. The monoisotopic (exact) mass is 442 g/mol. The highest BCUT2D eigenvalue weighted by Gasteiger charge is 2.23. The molecule has 3 rings (SSSR count). The largest absolute Gasteiger partial charge is 0.393 e. The van der Waals surface area contributed by atoms with Crippen molar-refractivity contribution in [3.63, 3.8) is 0 Å². The topological polar surface area (TPSA) is 120 Å². The summed E-state index contributed by atoms with van der Waals surface area (Å²) in [5.74, 6) is 0.769. The van der Waals surface area contributed by atoms with Crippen LogP contribution in [0.5, 0.6) is 0 Å². The summed E-state index contributed by atoms with van der Waals surface area (Å²) in [5.41, 5.74) is 0.343. The highest BCUT2D eigenvalue weighted by Crippen LogP contribution is 2.25. The molecule has 1 aliphatic heterocycles. The molecule has 1 aromatic rings. The normalized spacial score (nSPS) is 24.1. The summed E-state index contributed by atoms with van der Waals surface area (Å²) in [7, 11) is 0. The van der Waals surface area contributed by atoms with Gasteiger partial charge in [-0.3, -0.25) is 4.79 Å². The van der Waals surface area contributed by atoms with E-state index in [4.69, 9.17) is 0 Å². The fourth-order valence-corrected chi connectivity index (χ4v) is 3.91. The van der Waals surface area contributed by atoms with E-state index in [1.54, 1.807) is 0 Å². The Morgan fingerprint density at radius 3 is 2.77 bits per heavy atom. The second kappa shape index (κ2) is 12.1. The van der Waals surface area contributed by atoms with Gasteiger partial charge < -0.3 is 31.1 Å². The molecule has 0 radical (unpaired) electrons. The lowest BCUT2D eigenvalue weighted by Gasteiger charge is -2.26. The number of ether oxygens (including phenoxy) is 1. The average molecular weight is 443 g/mol. The fourth-order valence-electron chi connectivity index (χ4n) is 3.91. The molecule has 2 fully saturated rings. The predicted octanol–water partition coefficient (Wildman–Crippen LogP) is 1.57. The molecule has 0 aromatic carbocycles. The highest BCUT2D eigenvalue weighted by atomic mass is 19.3. The maximum Gasteiger partial charge on any atom is 0.345 e. The van der Waals surface area contributed by atoms with E-state index in [9.17, 15) is 18.7 Å². The molecule has 2 aliphatic rings. The number of aromatic nitrogens is 2. The average Bonchev–Trinajstić information content (AvgIpc) is 2.77. The number of carbonyl (C=O) groups is 1. The first-order valence-electron chi connectivity index (χ1n) is 11.0. The number of hydrogen-bond donors (Lipinski definition) is 5. The number of halogens is 2. The standard InChI is InChI=1S/C20H32F2N6O3/c21-19(22)31-9-8-24-20-26-12-16(18(30)27-14-2-1-7-23-11-14)17(28-20)25-10-13-3-5-15(29)6-4-13/h12-15,19,23,29H,1-11H2,(H,27,30)(H2,24,25,26,28)/t13?,14-,15?/m1/s1. The number of rotatable bonds is 10. The molecular weight excluding hydrogens is 410 g/mol. The van der Waals surface area contributed by atoms with Crippen LogP contribution in [-0.4, -0.2) is 72.5 Å². The van der Waals surface area contributed by atoms with Crippen LogP contribution in [0.2, 0.25) is 0 Å². The number of nitrogens with zero attached hydrogens (tertiary/aromatic N) is 2. The maximum atomic E-state index is 12.9. The number of carbonyl (C=O) groups excluding carboxylic acids is 1. The summed E-state index contributed by atoms with van der Waals surface area (Å²) in [4.78, 5) is 21.4. The van der Waals surface area contributed by atoms with Crippen molar-refractivity contribution in [2.45, 2.75) is 57.3 Å². The molecule has 0 unspecified atom stereocenters. The third kappa shape index (κ3) is 7.82. The molecule has 1 aromatic heterocycles. The number of piperidine rings is 1. The summed E-state index contributed by atoms with van der Waals surface area (Å²) in [6.07, 6.45) is 6.49. The third-order valence-corrected chi connectivity index (χ3v) is 5.67. The third-order valence-electron chi connectivity index (χ3n) is 5.67. The Morgan fingerprint density at radius 1 is 1.26 bits per heavy atom. The number of anilines is 2. The molecule has 1 atom stereocenters. The SMILES string of the molecule is O=C(N[C@@H]1CCCNC1)c1cnc(NCCOC(F)F)nc1NCC1CCC(O)CC1. The van der Waals surface area contributed by atoms with Crippen molar-refractivity contribution in [3.05, 3.63) is 11.8 Å². The summed E-state index contributed by atoms with van der Waals surface area (Å²) in [6, 6.07) is 0.0539. The fraction of sp³-hybridized carbons (Fsp3) is 0.750. The van der Waals surface area contributed by atoms with Gasteiger partial charge in [-0.05, 0) is 51.0 Å². The van der Waals surface area contributed by atoms with Crippen molar-refractivity contribution in [1.29, 1.82) is 0 Å². The van der Waals surface area contributed by atoms with Crippen LogP contribution in [0.15, 0.2) is 6.20 Å². The smallest absolute Gasteiger partial charge is 0.345 e. The van der Waals surface area contributed by atoms with Gasteiger partial charge in [0.1, 0.15) is 11.4 Å². The van der Waals surface area contributed by atoms with Crippen LogP contribution in [0, 0.1) is 5.92 Å². The van der Waals surface area contributed by atoms with Gasteiger partial charge in [0.2, 0.25) is 5.95 Å².